The summed E-state index contributed by atoms with van der Waals surface area (Å²) in [6.07, 6.45) is 0.573. The fraction of sp³-hybridized carbons (Fsp3) is 0.278. The van der Waals surface area contributed by atoms with Crippen molar-refractivity contribution < 1.29 is 14.3 Å². The van der Waals surface area contributed by atoms with Gasteiger partial charge in [0.05, 0.1) is 10.6 Å². The maximum atomic E-state index is 12.9. The van der Waals surface area contributed by atoms with E-state index in [-0.39, 0.29) is 18.9 Å². The smallest absolute Gasteiger partial charge is 0.257 e. The molecule has 0 aliphatic carbocycles. The first-order valence-electron chi connectivity index (χ1n) is 7.94. The van der Waals surface area contributed by atoms with Gasteiger partial charge in [-0.2, -0.15) is 0 Å². The van der Waals surface area contributed by atoms with Crippen molar-refractivity contribution in [3.05, 3.63) is 52.5 Å². The first-order valence-corrected chi connectivity index (χ1v) is 8.32. The number of anilines is 1. The van der Waals surface area contributed by atoms with Crippen molar-refractivity contribution in [2.75, 3.05) is 18.7 Å². The van der Waals surface area contributed by atoms with Gasteiger partial charge < -0.3 is 19.7 Å². The third-order valence-electron chi connectivity index (χ3n) is 4.25. The number of fused-ring (bicyclic) bond motifs is 2. The highest BCUT2D eigenvalue weighted by atomic mass is 35.5. The molecular formula is C18H17ClN2O3. The number of benzene rings is 2. The second-order valence-electron chi connectivity index (χ2n) is 5.83. The van der Waals surface area contributed by atoms with Crippen LogP contribution in [0.3, 0.4) is 0 Å². The van der Waals surface area contributed by atoms with E-state index in [4.69, 9.17) is 21.1 Å². The Morgan fingerprint density at radius 1 is 1.29 bits per heavy atom. The van der Waals surface area contributed by atoms with Crippen molar-refractivity contribution in [1.29, 1.82) is 0 Å². The van der Waals surface area contributed by atoms with Crippen molar-refractivity contribution in [1.82, 2.24) is 4.90 Å². The lowest BCUT2D eigenvalue weighted by Gasteiger charge is -2.38. The van der Waals surface area contributed by atoms with Crippen LogP contribution in [0.4, 0.5) is 5.69 Å². The van der Waals surface area contributed by atoms with Crippen molar-refractivity contribution in [3.8, 4) is 11.5 Å². The number of hydrogen-bond acceptors (Lipinski definition) is 4. The van der Waals surface area contributed by atoms with E-state index in [0.717, 1.165) is 17.7 Å². The van der Waals surface area contributed by atoms with Gasteiger partial charge in [-0.15, -0.1) is 0 Å². The van der Waals surface area contributed by atoms with E-state index in [9.17, 15) is 4.79 Å². The summed E-state index contributed by atoms with van der Waals surface area (Å²) in [5.74, 6) is 1.19. The molecule has 2 aliphatic rings. The number of nitrogens with one attached hydrogen (secondary N) is 1. The van der Waals surface area contributed by atoms with Crippen LogP contribution >= 0.6 is 11.6 Å². The molecule has 1 amide bonds. The largest absolute Gasteiger partial charge is 0.454 e. The number of carbonyl (C=O) groups excluding carboxylic acids is 1. The van der Waals surface area contributed by atoms with Gasteiger partial charge >= 0.3 is 0 Å². The van der Waals surface area contributed by atoms with Crippen LogP contribution in [0.25, 0.3) is 0 Å². The summed E-state index contributed by atoms with van der Waals surface area (Å²) in [5, 5.41) is 3.94. The molecule has 0 bridgehead atoms. The minimum atomic E-state index is -0.292. The molecule has 4 rings (SSSR count). The number of rotatable bonds is 3. The average Bonchev–Trinajstić information content (AvgIpc) is 3.06. The SMILES string of the molecule is CCCN1C(=O)c2ccccc2NC1c1cc(Cl)c2c(c1)OCO2. The van der Waals surface area contributed by atoms with Gasteiger partial charge in [0.1, 0.15) is 6.17 Å². The van der Waals surface area contributed by atoms with E-state index in [0.29, 0.717) is 28.6 Å². The number of para-hydroxylation sites is 1. The van der Waals surface area contributed by atoms with Gasteiger partial charge in [-0.25, -0.2) is 0 Å². The maximum Gasteiger partial charge on any atom is 0.257 e. The molecule has 6 heteroatoms. The highest BCUT2D eigenvalue weighted by Crippen LogP contribution is 2.43. The Morgan fingerprint density at radius 2 is 2.12 bits per heavy atom. The maximum absolute atomic E-state index is 12.9. The first kappa shape index (κ1) is 15.1. The average molecular weight is 345 g/mol. The summed E-state index contributed by atoms with van der Waals surface area (Å²) in [6.45, 7) is 2.87. The molecule has 0 radical (unpaired) electrons. The van der Waals surface area contributed by atoms with E-state index in [1.807, 2.05) is 41.3 Å². The molecule has 0 spiro atoms. The van der Waals surface area contributed by atoms with E-state index < -0.39 is 0 Å². The molecule has 2 aromatic rings. The van der Waals surface area contributed by atoms with Gasteiger partial charge in [-0.3, -0.25) is 4.79 Å². The standard InChI is InChI=1S/C18H17ClN2O3/c1-2-7-21-17(20-14-6-4-3-5-12(14)18(21)22)11-8-13(19)16-15(9-11)23-10-24-16/h3-6,8-9,17,20H,2,7,10H2,1H3. The third kappa shape index (κ3) is 2.36. The predicted molar refractivity (Wildman–Crippen MR) is 91.7 cm³/mol. The summed E-state index contributed by atoms with van der Waals surface area (Å²) in [4.78, 5) is 14.7. The van der Waals surface area contributed by atoms with Crippen molar-refractivity contribution >= 4 is 23.2 Å². The number of halogens is 1. The van der Waals surface area contributed by atoms with Crippen molar-refractivity contribution in [3.63, 3.8) is 0 Å². The molecule has 1 N–H and O–H groups in total. The Morgan fingerprint density at radius 3 is 2.96 bits per heavy atom. The molecule has 1 atom stereocenters. The molecule has 5 nitrogen and oxygen atoms in total. The van der Waals surface area contributed by atoms with Crippen LogP contribution < -0.4 is 14.8 Å². The lowest BCUT2D eigenvalue weighted by atomic mass is 10.0. The van der Waals surface area contributed by atoms with Gasteiger partial charge in [0.25, 0.3) is 5.91 Å². The molecule has 0 saturated heterocycles. The molecule has 0 saturated carbocycles. The summed E-state index contributed by atoms with van der Waals surface area (Å²) in [7, 11) is 0. The van der Waals surface area contributed by atoms with Gasteiger partial charge in [-0.1, -0.05) is 30.7 Å². The summed E-state index contributed by atoms with van der Waals surface area (Å²) >= 11 is 6.32. The van der Waals surface area contributed by atoms with E-state index in [1.54, 1.807) is 0 Å². The van der Waals surface area contributed by atoms with Gasteiger partial charge in [0.2, 0.25) is 6.79 Å². The Labute approximate surface area is 145 Å². The zero-order valence-corrected chi connectivity index (χ0v) is 14.0. The molecule has 0 aromatic heterocycles. The van der Waals surface area contributed by atoms with Gasteiger partial charge in [-0.05, 0) is 30.7 Å². The first-order chi connectivity index (χ1) is 11.7. The zero-order valence-electron chi connectivity index (χ0n) is 13.2. The third-order valence-corrected chi connectivity index (χ3v) is 4.53. The molecule has 24 heavy (non-hydrogen) atoms. The Balaban J connectivity index is 1.79. The number of carbonyl (C=O) groups is 1. The minimum absolute atomic E-state index is 0.0185. The Hall–Kier alpha value is -2.40. The lowest BCUT2D eigenvalue weighted by Crippen LogP contribution is -2.43. The Kier molecular flexibility index (Phi) is 3.73. The zero-order chi connectivity index (χ0) is 16.7. The van der Waals surface area contributed by atoms with E-state index in [1.165, 1.54) is 0 Å². The highest BCUT2D eigenvalue weighted by molar-refractivity contribution is 6.32. The van der Waals surface area contributed by atoms with Crippen molar-refractivity contribution in [2.24, 2.45) is 0 Å². The quantitative estimate of drug-likeness (QED) is 0.912. The van der Waals surface area contributed by atoms with Crippen LogP contribution in [0.1, 0.15) is 35.4 Å². The Bertz CT molecular complexity index is 809. The number of nitrogens with zero attached hydrogens (tertiary/aromatic N) is 1. The van der Waals surface area contributed by atoms with Crippen LogP contribution in [0.2, 0.25) is 5.02 Å². The van der Waals surface area contributed by atoms with E-state index in [2.05, 4.69) is 12.2 Å². The number of ether oxygens (including phenoxy) is 2. The summed E-state index contributed by atoms with van der Waals surface area (Å²) < 4.78 is 10.8. The molecule has 0 fully saturated rings. The fourth-order valence-corrected chi connectivity index (χ4v) is 3.45. The van der Waals surface area contributed by atoms with Gasteiger partial charge in [0, 0.05) is 17.8 Å². The fourth-order valence-electron chi connectivity index (χ4n) is 3.17. The molecule has 2 aliphatic heterocycles. The normalized spacial score (nSPS) is 18.3. The summed E-state index contributed by atoms with van der Waals surface area (Å²) in [6, 6.07) is 11.3. The number of hydrogen-bond donors (Lipinski definition) is 1. The van der Waals surface area contributed by atoms with Crippen LogP contribution in [0, 0.1) is 0 Å². The molecule has 1 unspecified atom stereocenters. The van der Waals surface area contributed by atoms with Crippen molar-refractivity contribution in [2.45, 2.75) is 19.5 Å². The monoisotopic (exact) mass is 344 g/mol. The minimum Gasteiger partial charge on any atom is -0.454 e. The molecule has 2 aromatic carbocycles. The second kappa shape index (κ2) is 5.91. The molecule has 2 heterocycles. The predicted octanol–water partition coefficient (Wildman–Crippen LogP) is 4.05. The lowest BCUT2D eigenvalue weighted by molar-refractivity contribution is 0.0683. The van der Waals surface area contributed by atoms with Crippen LogP contribution in [0.5, 0.6) is 11.5 Å². The highest BCUT2D eigenvalue weighted by Gasteiger charge is 2.33. The summed E-state index contributed by atoms with van der Waals surface area (Å²) in [5.41, 5.74) is 2.39. The van der Waals surface area contributed by atoms with E-state index >= 15 is 0 Å². The van der Waals surface area contributed by atoms with Crippen LogP contribution in [-0.4, -0.2) is 24.1 Å². The second-order valence-corrected chi connectivity index (χ2v) is 6.23. The van der Waals surface area contributed by atoms with Crippen LogP contribution in [0.15, 0.2) is 36.4 Å². The molecular weight excluding hydrogens is 328 g/mol. The number of amides is 1. The van der Waals surface area contributed by atoms with Crippen LogP contribution in [-0.2, 0) is 0 Å². The van der Waals surface area contributed by atoms with Gasteiger partial charge in [0.15, 0.2) is 11.5 Å². The molecule has 124 valence electrons. The topological polar surface area (TPSA) is 50.8 Å².